The lowest BCUT2D eigenvalue weighted by Crippen LogP contribution is -2.35. The Morgan fingerprint density at radius 1 is 1.35 bits per heavy atom. The van der Waals surface area contributed by atoms with Gasteiger partial charge in [0.05, 0.1) is 0 Å². The molecular formula is C15H19Cl2NO2. The number of carbonyl (C=O) groups excluding carboxylic acids is 1. The van der Waals surface area contributed by atoms with Crippen LogP contribution in [0.3, 0.4) is 0 Å². The Morgan fingerprint density at radius 2 is 2.05 bits per heavy atom. The zero-order chi connectivity index (χ0) is 14.9. The van der Waals surface area contributed by atoms with Crippen molar-refractivity contribution in [1.82, 2.24) is 4.90 Å². The molecule has 1 aromatic rings. The third-order valence-electron chi connectivity index (χ3n) is 3.24. The van der Waals surface area contributed by atoms with Crippen LogP contribution >= 0.6 is 23.2 Å². The van der Waals surface area contributed by atoms with Crippen molar-refractivity contribution in [1.29, 1.82) is 0 Å². The van der Waals surface area contributed by atoms with E-state index in [1.54, 1.807) is 11.0 Å². The first kappa shape index (κ1) is 15.5. The maximum Gasteiger partial charge on any atom is 0.410 e. The predicted octanol–water partition coefficient (Wildman–Crippen LogP) is 4.72. The third-order valence-corrected chi connectivity index (χ3v) is 3.80. The number of rotatable bonds is 1. The highest BCUT2D eigenvalue weighted by Gasteiger charge is 2.31. The van der Waals surface area contributed by atoms with Gasteiger partial charge in [-0.05, 0) is 44.9 Å². The van der Waals surface area contributed by atoms with Gasteiger partial charge in [-0.2, -0.15) is 0 Å². The highest BCUT2D eigenvalue weighted by atomic mass is 35.5. The molecule has 110 valence electrons. The van der Waals surface area contributed by atoms with Gasteiger partial charge in [0.15, 0.2) is 0 Å². The van der Waals surface area contributed by atoms with Crippen molar-refractivity contribution in [2.75, 3.05) is 13.1 Å². The lowest BCUT2D eigenvalue weighted by Gasteiger charge is -2.24. The molecule has 1 unspecified atom stereocenters. The van der Waals surface area contributed by atoms with E-state index in [2.05, 4.69) is 0 Å². The zero-order valence-corrected chi connectivity index (χ0v) is 13.5. The first-order valence-corrected chi connectivity index (χ1v) is 7.45. The van der Waals surface area contributed by atoms with Crippen LogP contribution in [0.5, 0.6) is 0 Å². The third kappa shape index (κ3) is 3.80. The second kappa shape index (κ2) is 5.82. The van der Waals surface area contributed by atoms with E-state index in [0.717, 1.165) is 12.0 Å². The summed E-state index contributed by atoms with van der Waals surface area (Å²) in [7, 11) is 0. The average molecular weight is 316 g/mol. The Hall–Kier alpha value is -0.930. The number of halogens is 2. The highest BCUT2D eigenvalue weighted by Crippen LogP contribution is 2.34. The SMILES string of the molecule is CC(C)(C)OC(=O)N1CCC(c2ccc(Cl)cc2Cl)C1. The summed E-state index contributed by atoms with van der Waals surface area (Å²) < 4.78 is 5.39. The number of carbonyl (C=O) groups is 1. The van der Waals surface area contributed by atoms with Gasteiger partial charge in [-0.1, -0.05) is 29.3 Å². The molecule has 1 heterocycles. The van der Waals surface area contributed by atoms with Crippen LogP contribution in [0.1, 0.15) is 38.7 Å². The van der Waals surface area contributed by atoms with E-state index in [-0.39, 0.29) is 12.0 Å². The lowest BCUT2D eigenvalue weighted by molar-refractivity contribution is 0.0292. The largest absolute Gasteiger partial charge is 0.444 e. The maximum absolute atomic E-state index is 12.0. The van der Waals surface area contributed by atoms with Crippen molar-refractivity contribution in [2.24, 2.45) is 0 Å². The van der Waals surface area contributed by atoms with Gasteiger partial charge in [-0.15, -0.1) is 0 Å². The van der Waals surface area contributed by atoms with E-state index in [0.29, 0.717) is 23.1 Å². The summed E-state index contributed by atoms with van der Waals surface area (Å²) in [6, 6.07) is 5.52. The van der Waals surface area contributed by atoms with Crippen LogP contribution in [0.4, 0.5) is 4.79 Å². The quantitative estimate of drug-likeness (QED) is 0.750. The van der Waals surface area contributed by atoms with Gasteiger partial charge < -0.3 is 9.64 Å². The van der Waals surface area contributed by atoms with Crippen LogP contribution in [0.25, 0.3) is 0 Å². The van der Waals surface area contributed by atoms with Crippen molar-refractivity contribution >= 4 is 29.3 Å². The Morgan fingerprint density at radius 3 is 2.65 bits per heavy atom. The average Bonchev–Trinajstić information content (AvgIpc) is 2.75. The van der Waals surface area contributed by atoms with E-state index in [4.69, 9.17) is 27.9 Å². The summed E-state index contributed by atoms with van der Waals surface area (Å²) in [5, 5.41) is 1.29. The van der Waals surface area contributed by atoms with Crippen LogP contribution in [0.15, 0.2) is 18.2 Å². The normalized spacial score (nSPS) is 19.2. The molecule has 1 aliphatic heterocycles. The van der Waals surface area contributed by atoms with Crippen LogP contribution in [0, 0.1) is 0 Å². The molecule has 3 nitrogen and oxygen atoms in total. The molecule has 1 amide bonds. The molecule has 0 spiro atoms. The topological polar surface area (TPSA) is 29.5 Å². The molecular weight excluding hydrogens is 297 g/mol. The van der Waals surface area contributed by atoms with E-state index >= 15 is 0 Å². The Balaban J connectivity index is 2.03. The van der Waals surface area contributed by atoms with Crippen molar-refractivity contribution in [3.8, 4) is 0 Å². The Bertz CT molecular complexity index is 511. The number of nitrogens with zero attached hydrogens (tertiary/aromatic N) is 1. The van der Waals surface area contributed by atoms with Crippen LogP contribution in [-0.2, 0) is 4.74 Å². The number of hydrogen-bond acceptors (Lipinski definition) is 2. The minimum Gasteiger partial charge on any atom is -0.444 e. The van der Waals surface area contributed by atoms with E-state index in [1.165, 1.54) is 0 Å². The zero-order valence-electron chi connectivity index (χ0n) is 12.0. The van der Waals surface area contributed by atoms with Gasteiger partial charge in [-0.25, -0.2) is 4.79 Å². The van der Waals surface area contributed by atoms with Crippen molar-refractivity contribution in [2.45, 2.75) is 38.7 Å². The summed E-state index contributed by atoms with van der Waals surface area (Å²) >= 11 is 12.1. The minimum absolute atomic E-state index is 0.243. The summed E-state index contributed by atoms with van der Waals surface area (Å²) in [5.41, 5.74) is 0.578. The first-order chi connectivity index (χ1) is 9.26. The summed E-state index contributed by atoms with van der Waals surface area (Å²) in [4.78, 5) is 13.8. The van der Waals surface area contributed by atoms with E-state index in [9.17, 15) is 4.79 Å². The van der Waals surface area contributed by atoms with Crippen molar-refractivity contribution < 1.29 is 9.53 Å². The molecule has 5 heteroatoms. The lowest BCUT2D eigenvalue weighted by atomic mass is 9.98. The van der Waals surface area contributed by atoms with Crippen LogP contribution in [0.2, 0.25) is 10.0 Å². The fourth-order valence-corrected chi connectivity index (χ4v) is 2.90. The number of hydrogen-bond donors (Lipinski definition) is 0. The first-order valence-electron chi connectivity index (χ1n) is 6.69. The van der Waals surface area contributed by atoms with Gasteiger partial charge in [0.2, 0.25) is 0 Å². The fourth-order valence-electron chi connectivity index (χ4n) is 2.34. The summed E-state index contributed by atoms with van der Waals surface area (Å²) in [6.07, 6.45) is 0.630. The van der Waals surface area contributed by atoms with Crippen LogP contribution < -0.4 is 0 Å². The molecule has 0 saturated carbocycles. The van der Waals surface area contributed by atoms with Gasteiger partial charge in [0, 0.05) is 29.1 Å². The molecule has 2 rings (SSSR count). The standard InChI is InChI=1S/C15H19Cl2NO2/c1-15(2,3)20-14(19)18-7-6-10(9-18)12-5-4-11(16)8-13(12)17/h4-5,8,10H,6-7,9H2,1-3H3. The predicted molar refractivity (Wildman–Crippen MR) is 81.6 cm³/mol. The monoisotopic (exact) mass is 315 g/mol. The highest BCUT2D eigenvalue weighted by molar-refractivity contribution is 6.35. The van der Waals surface area contributed by atoms with Gasteiger partial charge >= 0.3 is 6.09 Å². The Kier molecular flexibility index (Phi) is 4.50. The van der Waals surface area contributed by atoms with E-state index in [1.807, 2.05) is 32.9 Å². The van der Waals surface area contributed by atoms with E-state index < -0.39 is 5.60 Å². The second-order valence-corrected chi connectivity index (χ2v) is 6.92. The minimum atomic E-state index is -0.465. The molecule has 1 fully saturated rings. The smallest absolute Gasteiger partial charge is 0.410 e. The van der Waals surface area contributed by atoms with Crippen molar-refractivity contribution in [3.63, 3.8) is 0 Å². The molecule has 20 heavy (non-hydrogen) atoms. The Labute approximate surface area is 129 Å². The van der Waals surface area contributed by atoms with Gasteiger partial charge in [0.25, 0.3) is 0 Å². The van der Waals surface area contributed by atoms with Crippen LogP contribution in [-0.4, -0.2) is 29.7 Å². The van der Waals surface area contributed by atoms with Gasteiger partial charge in [-0.3, -0.25) is 0 Å². The molecule has 1 aliphatic rings. The molecule has 0 radical (unpaired) electrons. The number of amides is 1. The fraction of sp³-hybridized carbons (Fsp3) is 0.533. The van der Waals surface area contributed by atoms with Crippen molar-refractivity contribution in [3.05, 3.63) is 33.8 Å². The molecule has 1 aromatic carbocycles. The molecule has 0 aliphatic carbocycles. The summed E-state index contributed by atoms with van der Waals surface area (Å²) in [5.74, 6) is 0.243. The molecule has 1 atom stereocenters. The molecule has 1 saturated heterocycles. The number of benzene rings is 1. The molecule has 0 aromatic heterocycles. The maximum atomic E-state index is 12.0. The number of ether oxygens (including phenoxy) is 1. The number of likely N-dealkylation sites (tertiary alicyclic amines) is 1. The second-order valence-electron chi connectivity index (χ2n) is 6.08. The van der Waals surface area contributed by atoms with Gasteiger partial charge in [0.1, 0.15) is 5.60 Å². The summed E-state index contributed by atoms with van der Waals surface area (Å²) in [6.45, 7) is 6.94. The molecule has 0 bridgehead atoms. The molecule has 0 N–H and O–H groups in total.